The first-order valence-electron chi connectivity index (χ1n) is 6.49. The van der Waals surface area contributed by atoms with Crippen molar-refractivity contribution in [1.29, 1.82) is 0 Å². The number of hydrogen-bond donors (Lipinski definition) is 2. The molecule has 1 unspecified atom stereocenters. The van der Waals surface area contributed by atoms with Gasteiger partial charge in [0, 0.05) is 24.5 Å². The summed E-state index contributed by atoms with van der Waals surface area (Å²) >= 11 is 0. The number of likely N-dealkylation sites (tertiary alicyclic amines) is 1. The molecule has 1 atom stereocenters. The third-order valence-corrected chi connectivity index (χ3v) is 3.44. The molecule has 4 nitrogen and oxygen atoms in total. The SMILES string of the molecule is Cc1cc(NC(C)C(=O)N2CCCC2)ccc1N. The summed E-state index contributed by atoms with van der Waals surface area (Å²) in [6.45, 7) is 5.66. The average molecular weight is 247 g/mol. The number of nitrogens with two attached hydrogens (primary N) is 1. The van der Waals surface area contributed by atoms with Crippen molar-refractivity contribution in [2.45, 2.75) is 32.7 Å². The Bertz CT molecular complexity index is 439. The van der Waals surface area contributed by atoms with Gasteiger partial charge in [0.2, 0.25) is 5.91 Å². The van der Waals surface area contributed by atoms with E-state index in [-0.39, 0.29) is 11.9 Å². The molecule has 18 heavy (non-hydrogen) atoms. The molecule has 3 N–H and O–H groups in total. The van der Waals surface area contributed by atoms with Gasteiger partial charge < -0.3 is 16.0 Å². The Morgan fingerprint density at radius 1 is 1.39 bits per heavy atom. The lowest BCUT2D eigenvalue weighted by molar-refractivity contribution is -0.130. The topological polar surface area (TPSA) is 58.4 Å². The highest BCUT2D eigenvalue weighted by Gasteiger charge is 2.22. The molecule has 1 aromatic carbocycles. The van der Waals surface area contributed by atoms with E-state index < -0.39 is 0 Å². The van der Waals surface area contributed by atoms with Crippen molar-refractivity contribution in [3.63, 3.8) is 0 Å². The minimum absolute atomic E-state index is 0.182. The number of rotatable bonds is 3. The number of hydrogen-bond acceptors (Lipinski definition) is 3. The van der Waals surface area contributed by atoms with Gasteiger partial charge in [0.1, 0.15) is 6.04 Å². The van der Waals surface area contributed by atoms with Crippen molar-refractivity contribution in [2.75, 3.05) is 24.1 Å². The molecular weight excluding hydrogens is 226 g/mol. The van der Waals surface area contributed by atoms with Crippen molar-refractivity contribution in [3.05, 3.63) is 23.8 Å². The van der Waals surface area contributed by atoms with Crippen LogP contribution < -0.4 is 11.1 Å². The van der Waals surface area contributed by atoms with E-state index in [1.807, 2.05) is 36.9 Å². The molecule has 0 aliphatic carbocycles. The summed E-state index contributed by atoms with van der Waals surface area (Å²) < 4.78 is 0. The van der Waals surface area contributed by atoms with Gasteiger partial charge >= 0.3 is 0 Å². The molecular formula is C14H21N3O. The molecule has 1 fully saturated rings. The molecule has 1 aromatic rings. The van der Waals surface area contributed by atoms with E-state index in [2.05, 4.69) is 5.32 Å². The van der Waals surface area contributed by atoms with Crippen LogP contribution in [0.15, 0.2) is 18.2 Å². The summed E-state index contributed by atoms with van der Waals surface area (Å²) in [5.41, 5.74) is 8.53. The van der Waals surface area contributed by atoms with Gasteiger partial charge in [-0.05, 0) is 50.5 Å². The number of carbonyl (C=O) groups is 1. The Morgan fingerprint density at radius 3 is 2.67 bits per heavy atom. The summed E-state index contributed by atoms with van der Waals surface area (Å²) in [4.78, 5) is 14.1. The second kappa shape index (κ2) is 5.29. The lowest BCUT2D eigenvalue weighted by atomic mass is 10.1. The monoisotopic (exact) mass is 247 g/mol. The Kier molecular flexibility index (Phi) is 3.75. The van der Waals surface area contributed by atoms with E-state index in [0.717, 1.165) is 42.9 Å². The molecule has 2 rings (SSSR count). The first kappa shape index (κ1) is 12.7. The molecule has 0 spiro atoms. The molecule has 0 bridgehead atoms. The zero-order chi connectivity index (χ0) is 13.1. The van der Waals surface area contributed by atoms with Crippen molar-refractivity contribution < 1.29 is 4.79 Å². The second-order valence-electron chi connectivity index (χ2n) is 4.97. The van der Waals surface area contributed by atoms with Crippen LogP contribution >= 0.6 is 0 Å². The maximum Gasteiger partial charge on any atom is 0.244 e. The molecule has 1 aliphatic rings. The minimum Gasteiger partial charge on any atom is -0.399 e. The number of nitrogens with zero attached hydrogens (tertiary/aromatic N) is 1. The first-order chi connectivity index (χ1) is 8.58. The van der Waals surface area contributed by atoms with Crippen LogP contribution in [0.1, 0.15) is 25.3 Å². The second-order valence-corrected chi connectivity index (χ2v) is 4.97. The van der Waals surface area contributed by atoms with E-state index in [1.165, 1.54) is 0 Å². The van der Waals surface area contributed by atoms with Crippen LogP contribution in [0.3, 0.4) is 0 Å². The van der Waals surface area contributed by atoms with Crippen LogP contribution in [0.2, 0.25) is 0 Å². The number of anilines is 2. The molecule has 0 aromatic heterocycles. The molecule has 1 saturated heterocycles. The highest BCUT2D eigenvalue weighted by Crippen LogP contribution is 2.18. The van der Waals surface area contributed by atoms with Gasteiger partial charge in [-0.1, -0.05) is 0 Å². The Hall–Kier alpha value is -1.71. The Balaban J connectivity index is 1.99. The van der Waals surface area contributed by atoms with Crippen LogP contribution in [0.25, 0.3) is 0 Å². The molecule has 98 valence electrons. The summed E-state index contributed by atoms with van der Waals surface area (Å²) in [6, 6.07) is 5.57. The summed E-state index contributed by atoms with van der Waals surface area (Å²) in [5.74, 6) is 0.182. The lowest BCUT2D eigenvalue weighted by Crippen LogP contribution is -2.39. The van der Waals surface area contributed by atoms with Crippen LogP contribution in [0.4, 0.5) is 11.4 Å². The summed E-state index contributed by atoms with van der Waals surface area (Å²) in [6.07, 6.45) is 2.25. The Labute approximate surface area is 108 Å². The number of benzene rings is 1. The van der Waals surface area contributed by atoms with Crippen molar-refractivity contribution in [1.82, 2.24) is 4.90 Å². The Morgan fingerprint density at radius 2 is 2.06 bits per heavy atom. The predicted octanol–water partition coefficient (Wildman–Crippen LogP) is 2.00. The fraction of sp³-hybridized carbons (Fsp3) is 0.500. The molecule has 1 aliphatic heterocycles. The lowest BCUT2D eigenvalue weighted by Gasteiger charge is -2.22. The smallest absolute Gasteiger partial charge is 0.244 e. The van der Waals surface area contributed by atoms with Crippen molar-refractivity contribution >= 4 is 17.3 Å². The third-order valence-electron chi connectivity index (χ3n) is 3.44. The van der Waals surface area contributed by atoms with E-state index in [4.69, 9.17) is 5.73 Å². The van der Waals surface area contributed by atoms with Crippen LogP contribution in [-0.4, -0.2) is 29.9 Å². The first-order valence-corrected chi connectivity index (χ1v) is 6.49. The highest BCUT2D eigenvalue weighted by molar-refractivity contribution is 5.84. The molecule has 1 heterocycles. The highest BCUT2D eigenvalue weighted by atomic mass is 16.2. The normalized spacial score (nSPS) is 16.7. The quantitative estimate of drug-likeness (QED) is 0.803. The summed E-state index contributed by atoms with van der Waals surface area (Å²) in [7, 11) is 0. The largest absolute Gasteiger partial charge is 0.399 e. The average Bonchev–Trinajstić information content (AvgIpc) is 2.86. The standard InChI is InChI=1S/C14H21N3O/c1-10-9-12(5-6-13(10)15)16-11(2)14(18)17-7-3-4-8-17/h5-6,9,11,16H,3-4,7-8,15H2,1-2H3. The number of nitrogens with one attached hydrogen (secondary N) is 1. The fourth-order valence-corrected chi connectivity index (χ4v) is 2.29. The van der Waals surface area contributed by atoms with Crippen molar-refractivity contribution in [2.24, 2.45) is 0 Å². The van der Waals surface area contributed by atoms with Crippen LogP contribution in [0, 0.1) is 6.92 Å². The molecule has 0 saturated carbocycles. The van der Waals surface area contributed by atoms with E-state index in [9.17, 15) is 4.79 Å². The number of aryl methyl sites for hydroxylation is 1. The van der Waals surface area contributed by atoms with E-state index in [1.54, 1.807) is 0 Å². The summed E-state index contributed by atoms with van der Waals surface area (Å²) in [5, 5.41) is 3.24. The maximum absolute atomic E-state index is 12.1. The van der Waals surface area contributed by atoms with Crippen molar-refractivity contribution in [3.8, 4) is 0 Å². The van der Waals surface area contributed by atoms with Crippen LogP contribution in [0.5, 0.6) is 0 Å². The molecule has 4 heteroatoms. The molecule has 1 amide bonds. The number of carbonyl (C=O) groups excluding carboxylic acids is 1. The third kappa shape index (κ3) is 2.75. The minimum atomic E-state index is -0.189. The van der Waals surface area contributed by atoms with Gasteiger partial charge in [0.05, 0.1) is 0 Å². The fourth-order valence-electron chi connectivity index (χ4n) is 2.29. The van der Waals surface area contributed by atoms with Crippen LogP contribution in [-0.2, 0) is 4.79 Å². The maximum atomic E-state index is 12.1. The predicted molar refractivity (Wildman–Crippen MR) is 74.5 cm³/mol. The zero-order valence-corrected chi connectivity index (χ0v) is 11.1. The molecule has 0 radical (unpaired) electrons. The zero-order valence-electron chi connectivity index (χ0n) is 11.1. The van der Waals surface area contributed by atoms with E-state index >= 15 is 0 Å². The van der Waals surface area contributed by atoms with Gasteiger partial charge in [-0.2, -0.15) is 0 Å². The number of amides is 1. The van der Waals surface area contributed by atoms with Gasteiger partial charge in [0.25, 0.3) is 0 Å². The number of nitrogen functional groups attached to an aromatic ring is 1. The van der Waals surface area contributed by atoms with E-state index in [0.29, 0.717) is 0 Å². The van der Waals surface area contributed by atoms with Gasteiger partial charge in [0.15, 0.2) is 0 Å². The van der Waals surface area contributed by atoms with Gasteiger partial charge in [-0.3, -0.25) is 4.79 Å². The van der Waals surface area contributed by atoms with Gasteiger partial charge in [-0.25, -0.2) is 0 Å². The van der Waals surface area contributed by atoms with Gasteiger partial charge in [-0.15, -0.1) is 0 Å².